The lowest BCUT2D eigenvalue weighted by Gasteiger charge is -2.27. The van der Waals surface area contributed by atoms with Gasteiger partial charge in [0.25, 0.3) is 0 Å². The molecule has 1 saturated carbocycles. The fourth-order valence-electron chi connectivity index (χ4n) is 2.26. The predicted molar refractivity (Wildman–Crippen MR) is 88.3 cm³/mol. The van der Waals surface area contributed by atoms with E-state index in [0.717, 1.165) is 11.6 Å². The van der Waals surface area contributed by atoms with Crippen molar-refractivity contribution in [3.63, 3.8) is 0 Å². The second-order valence-corrected chi connectivity index (χ2v) is 12.9. The van der Waals surface area contributed by atoms with E-state index in [1.165, 1.54) is 0 Å². The van der Waals surface area contributed by atoms with Crippen LogP contribution in [0.5, 0.6) is 0 Å². The molecule has 0 radical (unpaired) electrons. The third-order valence-electron chi connectivity index (χ3n) is 3.69. The number of carbonyl (C=O) groups excluding carboxylic acids is 2. The Labute approximate surface area is 129 Å². The Morgan fingerprint density at radius 1 is 1.38 bits per heavy atom. The number of ketones is 2. The SMILES string of the molecule is C=C(C)CNC1CCC(=O)C(COCC[Si](C)(C)C)C1=O. The molecule has 0 heterocycles. The summed E-state index contributed by atoms with van der Waals surface area (Å²) in [4.78, 5) is 24.3. The van der Waals surface area contributed by atoms with Crippen LogP contribution in [0.1, 0.15) is 19.8 Å². The smallest absolute Gasteiger partial charge is 0.162 e. The Hall–Kier alpha value is -0.783. The van der Waals surface area contributed by atoms with Gasteiger partial charge >= 0.3 is 0 Å². The fraction of sp³-hybridized carbons (Fsp3) is 0.750. The molecule has 0 amide bonds. The Morgan fingerprint density at radius 2 is 2.05 bits per heavy atom. The van der Waals surface area contributed by atoms with E-state index in [0.29, 0.717) is 26.0 Å². The first-order valence-corrected chi connectivity index (χ1v) is 11.4. The number of Topliss-reactive ketones (excluding diaryl/α,β-unsaturated/α-hetero) is 2. The van der Waals surface area contributed by atoms with E-state index in [4.69, 9.17) is 4.74 Å². The van der Waals surface area contributed by atoms with E-state index < -0.39 is 14.0 Å². The zero-order valence-corrected chi connectivity index (χ0v) is 14.8. The van der Waals surface area contributed by atoms with E-state index in [2.05, 4.69) is 31.5 Å². The number of nitrogens with one attached hydrogen (secondary N) is 1. The van der Waals surface area contributed by atoms with Gasteiger partial charge in [0.15, 0.2) is 5.78 Å². The van der Waals surface area contributed by atoms with Crippen molar-refractivity contribution in [2.75, 3.05) is 19.8 Å². The summed E-state index contributed by atoms with van der Waals surface area (Å²) in [7, 11) is -1.13. The molecule has 1 aliphatic carbocycles. The summed E-state index contributed by atoms with van der Waals surface area (Å²) in [5.41, 5.74) is 0.989. The highest BCUT2D eigenvalue weighted by molar-refractivity contribution is 6.76. The molecule has 120 valence electrons. The van der Waals surface area contributed by atoms with Crippen molar-refractivity contribution in [2.45, 2.75) is 51.5 Å². The largest absolute Gasteiger partial charge is 0.381 e. The Kier molecular flexibility index (Phi) is 6.97. The zero-order valence-electron chi connectivity index (χ0n) is 13.8. The molecule has 0 aromatic rings. The van der Waals surface area contributed by atoms with Gasteiger partial charge in [-0.1, -0.05) is 31.8 Å². The normalized spacial score (nSPS) is 23.4. The van der Waals surface area contributed by atoms with E-state index in [-0.39, 0.29) is 24.2 Å². The molecule has 2 unspecified atom stereocenters. The Balaban J connectivity index is 2.45. The van der Waals surface area contributed by atoms with Crippen LogP contribution in [-0.2, 0) is 14.3 Å². The van der Waals surface area contributed by atoms with Crippen molar-refractivity contribution in [3.8, 4) is 0 Å². The lowest BCUT2D eigenvalue weighted by molar-refractivity contribution is -0.139. The van der Waals surface area contributed by atoms with Crippen LogP contribution in [0.3, 0.4) is 0 Å². The molecule has 1 rings (SSSR count). The van der Waals surface area contributed by atoms with Gasteiger partial charge in [-0.25, -0.2) is 0 Å². The van der Waals surface area contributed by atoms with Gasteiger partial charge in [-0.3, -0.25) is 9.59 Å². The third kappa shape index (κ3) is 6.67. The second kappa shape index (κ2) is 8.01. The van der Waals surface area contributed by atoms with Gasteiger partial charge in [0.2, 0.25) is 0 Å². The van der Waals surface area contributed by atoms with Crippen LogP contribution in [0.2, 0.25) is 25.7 Å². The van der Waals surface area contributed by atoms with Crippen molar-refractivity contribution >= 4 is 19.6 Å². The summed E-state index contributed by atoms with van der Waals surface area (Å²) in [6, 6.07) is 0.824. The number of rotatable bonds is 8. The van der Waals surface area contributed by atoms with Gasteiger partial charge in [-0.2, -0.15) is 0 Å². The number of hydrogen-bond acceptors (Lipinski definition) is 4. The molecule has 5 heteroatoms. The van der Waals surface area contributed by atoms with E-state index >= 15 is 0 Å². The van der Waals surface area contributed by atoms with Crippen LogP contribution in [-0.4, -0.2) is 45.4 Å². The molecule has 1 aliphatic rings. The molecule has 2 atom stereocenters. The van der Waals surface area contributed by atoms with Gasteiger partial charge in [-0.05, 0) is 19.4 Å². The van der Waals surface area contributed by atoms with Crippen LogP contribution in [0, 0.1) is 5.92 Å². The number of carbonyl (C=O) groups is 2. The highest BCUT2D eigenvalue weighted by Gasteiger charge is 2.36. The van der Waals surface area contributed by atoms with E-state index in [1.807, 2.05) is 6.92 Å². The van der Waals surface area contributed by atoms with Gasteiger partial charge in [0, 0.05) is 27.6 Å². The number of hydrogen-bond donors (Lipinski definition) is 1. The van der Waals surface area contributed by atoms with Gasteiger partial charge < -0.3 is 10.1 Å². The predicted octanol–water partition coefficient (Wildman–Crippen LogP) is 2.42. The van der Waals surface area contributed by atoms with Crippen molar-refractivity contribution in [3.05, 3.63) is 12.2 Å². The molecule has 21 heavy (non-hydrogen) atoms. The molecule has 0 aromatic heterocycles. The van der Waals surface area contributed by atoms with Crippen LogP contribution in [0.15, 0.2) is 12.2 Å². The van der Waals surface area contributed by atoms with Crippen LogP contribution in [0.25, 0.3) is 0 Å². The third-order valence-corrected chi connectivity index (χ3v) is 5.39. The molecule has 1 N–H and O–H groups in total. The first-order chi connectivity index (χ1) is 9.70. The molecule has 4 nitrogen and oxygen atoms in total. The summed E-state index contributed by atoms with van der Waals surface area (Å²) < 4.78 is 5.61. The quantitative estimate of drug-likeness (QED) is 0.324. The molecule has 0 aromatic carbocycles. The molecule has 1 fully saturated rings. The molecular weight excluding hydrogens is 282 g/mol. The molecule has 0 saturated heterocycles. The minimum absolute atomic E-state index is 0.0134. The van der Waals surface area contributed by atoms with E-state index in [1.54, 1.807) is 0 Å². The van der Waals surface area contributed by atoms with Gasteiger partial charge in [0.1, 0.15) is 11.7 Å². The fourth-order valence-corrected chi connectivity index (χ4v) is 3.02. The van der Waals surface area contributed by atoms with E-state index in [9.17, 15) is 9.59 Å². The van der Waals surface area contributed by atoms with Crippen molar-refractivity contribution < 1.29 is 14.3 Å². The van der Waals surface area contributed by atoms with Crippen molar-refractivity contribution in [1.82, 2.24) is 5.32 Å². The summed E-state index contributed by atoms with van der Waals surface area (Å²) >= 11 is 0. The highest BCUT2D eigenvalue weighted by Crippen LogP contribution is 2.19. The van der Waals surface area contributed by atoms with Crippen LogP contribution < -0.4 is 5.32 Å². The van der Waals surface area contributed by atoms with Gasteiger partial charge in [0.05, 0.1) is 12.6 Å². The Morgan fingerprint density at radius 3 is 2.62 bits per heavy atom. The van der Waals surface area contributed by atoms with Crippen LogP contribution >= 0.6 is 0 Å². The molecule has 0 aliphatic heterocycles. The minimum atomic E-state index is -1.13. The zero-order chi connectivity index (χ0) is 16.0. The topological polar surface area (TPSA) is 55.4 Å². The monoisotopic (exact) mass is 311 g/mol. The maximum Gasteiger partial charge on any atom is 0.162 e. The Bertz CT molecular complexity index is 401. The lowest BCUT2D eigenvalue weighted by atomic mass is 9.83. The molecular formula is C16H29NO3Si. The number of ether oxygens (including phenoxy) is 1. The maximum atomic E-state index is 12.4. The maximum absolute atomic E-state index is 12.4. The first kappa shape index (κ1) is 18.3. The summed E-state index contributed by atoms with van der Waals surface area (Å²) in [5, 5.41) is 3.19. The summed E-state index contributed by atoms with van der Waals surface area (Å²) in [6.45, 7) is 14.1. The first-order valence-electron chi connectivity index (χ1n) is 7.72. The second-order valence-electron chi connectivity index (χ2n) is 7.24. The average Bonchev–Trinajstić information content (AvgIpc) is 2.35. The summed E-state index contributed by atoms with van der Waals surface area (Å²) in [6.07, 6.45) is 1.05. The summed E-state index contributed by atoms with van der Waals surface area (Å²) in [5.74, 6) is -0.565. The highest BCUT2D eigenvalue weighted by atomic mass is 28.3. The molecule has 0 bridgehead atoms. The van der Waals surface area contributed by atoms with Crippen molar-refractivity contribution in [1.29, 1.82) is 0 Å². The molecule has 0 spiro atoms. The minimum Gasteiger partial charge on any atom is -0.381 e. The van der Waals surface area contributed by atoms with Crippen LogP contribution in [0.4, 0.5) is 0 Å². The lowest BCUT2D eigenvalue weighted by Crippen LogP contribution is -2.48. The standard InChI is InChI=1S/C16H29NO3Si/c1-12(2)10-17-14-6-7-15(18)13(16(14)19)11-20-8-9-21(3,4)5/h13-14,17H,1,6-11H2,2-5H3. The van der Waals surface area contributed by atoms with Gasteiger partial charge in [-0.15, -0.1) is 0 Å². The van der Waals surface area contributed by atoms with Crippen molar-refractivity contribution in [2.24, 2.45) is 5.92 Å². The average molecular weight is 311 g/mol.